The van der Waals surface area contributed by atoms with Crippen molar-refractivity contribution >= 4 is 15.9 Å². The van der Waals surface area contributed by atoms with Gasteiger partial charge in [-0.15, -0.1) is 0 Å². The maximum Gasteiger partial charge on any atom is 0.0728 e. The zero-order chi connectivity index (χ0) is 6.57. The smallest absolute Gasteiger partial charge is 0.0728 e. The minimum Gasteiger partial charge on any atom is -0.389 e. The first-order valence-electron chi connectivity index (χ1n) is 2.68. The number of hydrogen-bond donors (Lipinski definition) is 1. The van der Waals surface area contributed by atoms with Crippen LogP contribution in [0.2, 0.25) is 0 Å². The van der Waals surface area contributed by atoms with Crippen molar-refractivity contribution in [3.8, 4) is 0 Å². The van der Waals surface area contributed by atoms with Crippen LogP contribution >= 0.6 is 15.9 Å². The molecule has 0 amide bonds. The van der Waals surface area contributed by atoms with Crippen LogP contribution in [0.4, 0.5) is 0 Å². The van der Waals surface area contributed by atoms with Crippen molar-refractivity contribution in [3.63, 3.8) is 0 Å². The lowest BCUT2D eigenvalue weighted by Gasteiger charge is -1.97. The standard InChI is InChI=1S/C6H11BrO/c1-3-6(8)4-5(2)7/h4,6,8H,3H2,1-2H3/b5-4+. The second-order valence-electron chi connectivity index (χ2n) is 1.73. The van der Waals surface area contributed by atoms with Crippen molar-refractivity contribution in [2.75, 3.05) is 0 Å². The third kappa shape index (κ3) is 4.34. The highest BCUT2D eigenvalue weighted by Gasteiger charge is 1.92. The van der Waals surface area contributed by atoms with Crippen LogP contribution in [-0.2, 0) is 0 Å². The van der Waals surface area contributed by atoms with Crippen LogP contribution in [0, 0.1) is 0 Å². The monoisotopic (exact) mass is 178 g/mol. The van der Waals surface area contributed by atoms with Crippen molar-refractivity contribution in [1.29, 1.82) is 0 Å². The second-order valence-corrected chi connectivity index (χ2v) is 2.98. The van der Waals surface area contributed by atoms with Crippen LogP contribution in [0.15, 0.2) is 10.6 Å². The van der Waals surface area contributed by atoms with E-state index in [1.54, 1.807) is 6.08 Å². The molecule has 0 saturated heterocycles. The van der Waals surface area contributed by atoms with Gasteiger partial charge in [-0.3, -0.25) is 0 Å². The van der Waals surface area contributed by atoms with E-state index in [0.717, 1.165) is 10.9 Å². The largest absolute Gasteiger partial charge is 0.389 e. The van der Waals surface area contributed by atoms with Gasteiger partial charge in [0.1, 0.15) is 0 Å². The van der Waals surface area contributed by atoms with Gasteiger partial charge in [0.05, 0.1) is 6.10 Å². The molecule has 0 aliphatic heterocycles. The van der Waals surface area contributed by atoms with Crippen LogP contribution in [0.1, 0.15) is 20.3 Å². The molecule has 0 radical (unpaired) electrons. The van der Waals surface area contributed by atoms with E-state index in [9.17, 15) is 0 Å². The van der Waals surface area contributed by atoms with Gasteiger partial charge in [0.25, 0.3) is 0 Å². The van der Waals surface area contributed by atoms with E-state index in [1.807, 2.05) is 13.8 Å². The summed E-state index contributed by atoms with van der Waals surface area (Å²) < 4.78 is 0.992. The van der Waals surface area contributed by atoms with Gasteiger partial charge < -0.3 is 5.11 Å². The molecule has 1 unspecified atom stereocenters. The summed E-state index contributed by atoms with van der Waals surface area (Å²) in [6.07, 6.45) is 2.28. The first-order valence-corrected chi connectivity index (χ1v) is 3.48. The number of aliphatic hydroxyl groups is 1. The Bertz CT molecular complexity index is 84.5. The fraction of sp³-hybridized carbons (Fsp3) is 0.667. The normalized spacial score (nSPS) is 16.2. The Balaban J connectivity index is 3.51. The highest BCUT2D eigenvalue weighted by atomic mass is 79.9. The molecule has 1 nitrogen and oxygen atoms in total. The minimum atomic E-state index is -0.283. The topological polar surface area (TPSA) is 20.2 Å². The lowest BCUT2D eigenvalue weighted by atomic mass is 10.3. The number of allylic oxidation sites excluding steroid dienone is 1. The first kappa shape index (κ1) is 8.18. The molecule has 1 atom stereocenters. The van der Waals surface area contributed by atoms with Crippen LogP contribution in [0.3, 0.4) is 0 Å². The molecule has 0 aliphatic carbocycles. The van der Waals surface area contributed by atoms with Gasteiger partial charge in [-0.25, -0.2) is 0 Å². The van der Waals surface area contributed by atoms with Crippen molar-refractivity contribution in [2.45, 2.75) is 26.4 Å². The summed E-state index contributed by atoms with van der Waals surface area (Å²) in [4.78, 5) is 0. The molecule has 0 rings (SSSR count). The van der Waals surface area contributed by atoms with E-state index < -0.39 is 0 Å². The van der Waals surface area contributed by atoms with Crippen molar-refractivity contribution < 1.29 is 5.11 Å². The van der Waals surface area contributed by atoms with E-state index >= 15 is 0 Å². The molecule has 0 heterocycles. The van der Waals surface area contributed by atoms with Crippen LogP contribution in [-0.4, -0.2) is 11.2 Å². The molecule has 0 aromatic carbocycles. The average Bonchev–Trinajstić information content (AvgIpc) is 1.65. The number of rotatable bonds is 2. The molecule has 2 heteroatoms. The molecule has 0 aliphatic rings. The average molecular weight is 179 g/mol. The first-order chi connectivity index (χ1) is 3.66. The predicted molar refractivity (Wildman–Crippen MR) is 39.0 cm³/mol. The third-order valence-electron chi connectivity index (χ3n) is 0.840. The predicted octanol–water partition coefficient (Wildman–Crippen LogP) is 2.06. The van der Waals surface area contributed by atoms with Gasteiger partial charge in [-0.1, -0.05) is 22.9 Å². The van der Waals surface area contributed by atoms with Crippen molar-refractivity contribution in [1.82, 2.24) is 0 Å². The lowest BCUT2D eigenvalue weighted by molar-refractivity contribution is 0.219. The van der Waals surface area contributed by atoms with Gasteiger partial charge in [-0.05, 0) is 23.9 Å². The third-order valence-corrected chi connectivity index (χ3v) is 1.10. The Hall–Kier alpha value is 0.180. The Kier molecular flexibility index (Phi) is 4.19. The summed E-state index contributed by atoms with van der Waals surface area (Å²) in [5.74, 6) is 0. The van der Waals surface area contributed by atoms with Crippen molar-refractivity contribution in [3.05, 3.63) is 10.6 Å². The number of aliphatic hydroxyl groups excluding tert-OH is 1. The fourth-order valence-electron chi connectivity index (χ4n) is 0.383. The van der Waals surface area contributed by atoms with E-state index in [1.165, 1.54) is 0 Å². The van der Waals surface area contributed by atoms with Crippen LogP contribution in [0.5, 0.6) is 0 Å². The zero-order valence-corrected chi connectivity index (χ0v) is 6.77. The Morgan fingerprint density at radius 2 is 2.38 bits per heavy atom. The van der Waals surface area contributed by atoms with E-state index in [-0.39, 0.29) is 6.10 Å². The molecule has 0 aromatic rings. The SMILES string of the molecule is CCC(O)/C=C(\C)Br. The molecular weight excluding hydrogens is 168 g/mol. The molecule has 8 heavy (non-hydrogen) atoms. The molecule has 0 aromatic heterocycles. The molecule has 0 saturated carbocycles. The summed E-state index contributed by atoms with van der Waals surface area (Å²) in [5.41, 5.74) is 0. The maximum absolute atomic E-state index is 8.92. The Labute approximate surface area is 58.5 Å². The van der Waals surface area contributed by atoms with Gasteiger partial charge in [-0.2, -0.15) is 0 Å². The van der Waals surface area contributed by atoms with E-state index in [0.29, 0.717) is 0 Å². The van der Waals surface area contributed by atoms with Crippen molar-refractivity contribution in [2.24, 2.45) is 0 Å². The Morgan fingerprint density at radius 1 is 1.88 bits per heavy atom. The summed E-state index contributed by atoms with van der Waals surface area (Å²) in [7, 11) is 0. The van der Waals surface area contributed by atoms with E-state index in [2.05, 4.69) is 15.9 Å². The quantitative estimate of drug-likeness (QED) is 0.687. The molecule has 48 valence electrons. The summed E-state index contributed by atoms with van der Waals surface area (Å²) >= 11 is 3.22. The van der Waals surface area contributed by atoms with Gasteiger partial charge >= 0.3 is 0 Å². The number of hydrogen-bond acceptors (Lipinski definition) is 1. The summed E-state index contributed by atoms with van der Waals surface area (Å²) in [6.45, 7) is 3.84. The highest BCUT2D eigenvalue weighted by Crippen LogP contribution is 2.04. The lowest BCUT2D eigenvalue weighted by Crippen LogP contribution is -1.98. The minimum absolute atomic E-state index is 0.283. The maximum atomic E-state index is 8.92. The van der Waals surface area contributed by atoms with Gasteiger partial charge in [0, 0.05) is 0 Å². The molecule has 0 bridgehead atoms. The van der Waals surface area contributed by atoms with Gasteiger partial charge in [0.15, 0.2) is 0 Å². The van der Waals surface area contributed by atoms with E-state index in [4.69, 9.17) is 5.11 Å². The highest BCUT2D eigenvalue weighted by molar-refractivity contribution is 9.11. The fourth-order valence-corrected chi connectivity index (χ4v) is 0.688. The molecule has 0 spiro atoms. The summed E-state index contributed by atoms with van der Waals surface area (Å²) in [5, 5.41) is 8.92. The van der Waals surface area contributed by atoms with Crippen LogP contribution in [0.25, 0.3) is 0 Å². The zero-order valence-electron chi connectivity index (χ0n) is 5.19. The second kappa shape index (κ2) is 4.10. The van der Waals surface area contributed by atoms with Crippen LogP contribution < -0.4 is 0 Å². The molecule has 1 N–H and O–H groups in total. The Morgan fingerprint density at radius 3 is 2.50 bits per heavy atom. The summed E-state index contributed by atoms with van der Waals surface area (Å²) in [6, 6.07) is 0. The molecule has 0 fully saturated rings. The molecular formula is C6H11BrO. The number of halogens is 1. The van der Waals surface area contributed by atoms with Gasteiger partial charge in [0.2, 0.25) is 0 Å².